The summed E-state index contributed by atoms with van der Waals surface area (Å²) in [7, 11) is 3.32. The molecule has 0 bridgehead atoms. The summed E-state index contributed by atoms with van der Waals surface area (Å²) >= 11 is 0. The highest BCUT2D eigenvalue weighted by atomic mass is 19.3. The van der Waals surface area contributed by atoms with Gasteiger partial charge in [-0.1, -0.05) is 12.1 Å². The Morgan fingerprint density at radius 2 is 1.90 bits per heavy atom. The lowest BCUT2D eigenvalue weighted by molar-refractivity contribution is -0.131. The van der Waals surface area contributed by atoms with Gasteiger partial charge in [0.15, 0.2) is 5.82 Å². The van der Waals surface area contributed by atoms with Gasteiger partial charge in [0.05, 0.1) is 24.2 Å². The highest BCUT2D eigenvalue weighted by Gasteiger charge is 2.29. The molecule has 2 amide bonds. The highest BCUT2D eigenvalue weighted by molar-refractivity contribution is 5.83. The van der Waals surface area contributed by atoms with E-state index in [1.165, 1.54) is 9.47 Å². The van der Waals surface area contributed by atoms with E-state index in [2.05, 4.69) is 20.3 Å². The van der Waals surface area contributed by atoms with Crippen LogP contribution in [-0.4, -0.2) is 88.8 Å². The van der Waals surface area contributed by atoms with Gasteiger partial charge in [0.1, 0.15) is 11.9 Å². The molecular formula is C27H33F2N7O4. The van der Waals surface area contributed by atoms with Crippen molar-refractivity contribution in [3.63, 3.8) is 0 Å². The second-order valence-corrected chi connectivity index (χ2v) is 10.2. The molecule has 1 aliphatic carbocycles. The van der Waals surface area contributed by atoms with Crippen molar-refractivity contribution in [3.8, 4) is 11.7 Å². The first-order valence-corrected chi connectivity index (χ1v) is 13.4. The lowest BCUT2D eigenvalue weighted by Crippen LogP contribution is -2.37. The largest absolute Gasteiger partial charge is 0.474 e. The van der Waals surface area contributed by atoms with Crippen LogP contribution in [0.1, 0.15) is 44.4 Å². The number of carbonyl (C=O) groups excluding carboxylic acids is 2. The molecule has 2 atom stereocenters. The Kier molecular flexibility index (Phi) is 8.38. The number of imidazole rings is 1. The summed E-state index contributed by atoms with van der Waals surface area (Å²) in [6.45, 7) is 2.13. The average Bonchev–Trinajstić information content (AvgIpc) is 3.56. The summed E-state index contributed by atoms with van der Waals surface area (Å²) < 4.78 is 41.2. The SMILES string of the molecule is CN(C)C(=O)CCC(=O)N[C@H]1CC[C@H](Oc2cc(-n3c(C(F)F)nc4ccccc43)nc(N3CCOCC3)n2)C1. The summed E-state index contributed by atoms with van der Waals surface area (Å²) in [6, 6.07) is 8.39. The van der Waals surface area contributed by atoms with Crippen molar-refractivity contribution in [1.82, 2.24) is 29.7 Å². The lowest BCUT2D eigenvalue weighted by atomic mass is 10.2. The first-order chi connectivity index (χ1) is 19.3. The predicted molar refractivity (Wildman–Crippen MR) is 143 cm³/mol. The van der Waals surface area contributed by atoms with Crippen molar-refractivity contribution in [2.24, 2.45) is 0 Å². The highest BCUT2D eigenvalue weighted by Crippen LogP contribution is 2.31. The molecule has 2 aromatic heterocycles. The smallest absolute Gasteiger partial charge is 0.296 e. The van der Waals surface area contributed by atoms with Crippen molar-refractivity contribution in [2.75, 3.05) is 45.3 Å². The van der Waals surface area contributed by atoms with Crippen molar-refractivity contribution >= 4 is 28.8 Å². The van der Waals surface area contributed by atoms with E-state index in [-0.39, 0.29) is 48.5 Å². The number of para-hydroxylation sites is 2. The minimum Gasteiger partial charge on any atom is -0.474 e. The molecule has 1 aromatic carbocycles. The van der Waals surface area contributed by atoms with Gasteiger partial charge in [0, 0.05) is 58.6 Å². The Hall–Kier alpha value is -3.87. The number of alkyl halides is 2. The Balaban J connectivity index is 1.36. The number of fused-ring (bicyclic) bond motifs is 1. The molecule has 1 aliphatic heterocycles. The van der Waals surface area contributed by atoms with Gasteiger partial charge in [0.2, 0.25) is 23.6 Å². The number of rotatable bonds is 9. The molecule has 1 N–H and O–H groups in total. The van der Waals surface area contributed by atoms with Gasteiger partial charge in [-0.15, -0.1) is 0 Å². The Labute approximate surface area is 230 Å². The first-order valence-electron chi connectivity index (χ1n) is 13.4. The maximum Gasteiger partial charge on any atom is 0.296 e. The average molecular weight is 558 g/mol. The van der Waals surface area contributed by atoms with Gasteiger partial charge in [-0.2, -0.15) is 9.97 Å². The summed E-state index contributed by atoms with van der Waals surface area (Å²) in [4.78, 5) is 41.0. The number of morpholine rings is 1. The second kappa shape index (κ2) is 12.1. The molecule has 2 aliphatic rings. The van der Waals surface area contributed by atoms with Crippen molar-refractivity contribution in [1.29, 1.82) is 0 Å². The quantitative estimate of drug-likeness (QED) is 0.427. The van der Waals surface area contributed by atoms with E-state index in [0.717, 1.165) is 0 Å². The number of carbonyl (C=O) groups is 2. The van der Waals surface area contributed by atoms with E-state index in [1.54, 1.807) is 44.4 Å². The van der Waals surface area contributed by atoms with Crippen molar-refractivity contribution < 1.29 is 27.8 Å². The number of amides is 2. The molecule has 1 saturated heterocycles. The first kappa shape index (κ1) is 27.7. The number of ether oxygens (including phenoxy) is 2. The van der Waals surface area contributed by atoms with Crippen LogP contribution < -0.4 is 15.0 Å². The van der Waals surface area contributed by atoms with Crippen LogP contribution in [0.5, 0.6) is 5.88 Å². The zero-order valence-corrected chi connectivity index (χ0v) is 22.6. The summed E-state index contributed by atoms with van der Waals surface area (Å²) in [5.74, 6) is 0.185. The number of benzene rings is 1. The van der Waals surface area contributed by atoms with Crippen LogP contribution in [0.2, 0.25) is 0 Å². The fraction of sp³-hybridized carbons (Fsp3) is 0.519. The maximum absolute atomic E-state index is 14.1. The van der Waals surface area contributed by atoms with Gasteiger partial charge in [-0.05, 0) is 25.0 Å². The van der Waals surface area contributed by atoms with E-state index in [1.807, 2.05) is 4.90 Å². The van der Waals surface area contributed by atoms with Crippen LogP contribution >= 0.6 is 0 Å². The van der Waals surface area contributed by atoms with Crippen LogP contribution in [0.15, 0.2) is 30.3 Å². The molecule has 5 rings (SSSR count). The summed E-state index contributed by atoms with van der Waals surface area (Å²) in [5, 5.41) is 2.99. The van der Waals surface area contributed by atoms with E-state index >= 15 is 0 Å². The van der Waals surface area contributed by atoms with Crippen LogP contribution in [0.4, 0.5) is 14.7 Å². The van der Waals surface area contributed by atoms with Crippen LogP contribution in [0, 0.1) is 0 Å². The Morgan fingerprint density at radius 1 is 1.12 bits per heavy atom. The minimum atomic E-state index is -2.81. The zero-order valence-electron chi connectivity index (χ0n) is 22.6. The fourth-order valence-electron chi connectivity index (χ4n) is 5.01. The normalized spacial score (nSPS) is 19.3. The van der Waals surface area contributed by atoms with E-state index < -0.39 is 12.2 Å². The number of anilines is 1. The molecule has 0 radical (unpaired) electrons. The third-order valence-electron chi connectivity index (χ3n) is 7.08. The minimum absolute atomic E-state index is 0.0880. The van der Waals surface area contributed by atoms with Crippen molar-refractivity contribution in [2.45, 2.75) is 50.7 Å². The van der Waals surface area contributed by atoms with E-state index in [4.69, 9.17) is 9.47 Å². The maximum atomic E-state index is 14.1. The number of hydrogen-bond donors (Lipinski definition) is 1. The van der Waals surface area contributed by atoms with Crippen LogP contribution in [-0.2, 0) is 14.3 Å². The molecule has 2 fully saturated rings. The summed E-state index contributed by atoms with van der Waals surface area (Å²) in [6.07, 6.45) is -0.798. The van der Waals surface area contributed by atoms with E-state index in [0.29, 0.717) is 62.5 Å². The van der Waals surface area contributed by atoms with Gasteiger partial charge in [-0.3, -0.25) is 14.2 Å². The fourth-order valence-corrected chi connectivity index (χ4v) is 5.01. The zero-order chi connectivity index (χ0) is 28.2. The molecule has 40 heavy (non-hydrogen) atoms. The number of halogens is 2. The molecule has 1 saturated carbocycles. The standard InChI is InChI=1S/C27H33F2N7O4/c1-34(2)24(38)10-9-22(37)30-17-7-8-18(15-17)40-23-16-21(32-27(33-23)35-11-13-39-14-12-35)36-20-6-4-3-5-19(20)31-26(36)25(28)29/h3-6,16-18,25H,7-15H2,1-2H3,(H,30,37)/t17-,18-/m0/s1. The second-order valence-electron chi connectivity index (χ2n) is 10.2. The number of aromatic nitrogens is 4. The van der Waals surface area contributed by atoms with Gasteiger partial charge in [0.25, 0.3) is 6.43 Å². The van der Waals surface area contributed by atoms with Crippen LogP contribution in [0.25, 0.3) is 16.9 Å². The molecule has 0 unspecified atom stereocenters. The van der Waals surface area contributed by atoms with Crippen molar-refractivity contribution in [3.05, 3.63) is 36.2 Å². The third kappa shape index (κ3) is 6.30. The van der Waals surface area contributed by atoms with Gasteiger partial charge < -0.3 is 24.6 Å². The Bertz CT molecular complexity index is 1360. The molecule has 214 valence electrons. The molecule has 11 nitrogen and oxygen atoms in total. The number of nitrogens with one attached hydrogen (secondary N) is 1. The predicted octanol–water partition coefficient (Wildman–Crippen LogP) is 2.87. The molecular weight excluding hydrogens is 524 g/mol. The molecule has 3 aromatic rings. The van der Waals surface area contributed by atoms with Crippen LogP contribution in [0.3, 0.4) is 0 Å². The third-order valence-corrected chi connectivity index (χ3v) is 7.08. The Morgan fingerprint density at radius 3 is 2.65 bits per heavy atom. The van der Waals surface area contributed by atoms with Gasteiger partial charge >= 0.3 is 0 Å². The number of nitrogens with zero attached hydrogens (tertiary/aromatic N) is 6. The van der Waals surface area contributed by atoms with E-state index in [9.17, 15) is 18.4 Å². The molecule has 0 spiro atoms. The molecule has 3 heterocycles. The van der Waals surface area contributed by atoms with Gasteiger partial charge in [-0.25, -0.2) is 13.8 Å². The molecule has 13 heteroatoms. The topological polar surface area (TPSA) is 115 Å². The lowest BCUT2D eigenvalue weighted by Gasteiger charge is -2.27. The number of hydrogen-bond acceptors (Lipinski definition) is 8. The monoisotopic (exact) mass is 557 g/mol. The summed E-state index contributed by atoms with van der Waals surface area (Å²) in [5.41, 5.74) is 0.945.